The van der Waals surface area contributed by atoms with Crippen LogP contribution >= 0.6 is 0 Å². The Morgan fingerprint density at radius 1 is 1.24 bits per heavy atom. The lowest BCUT2D eigenvalue weighted by Crippen LogP contribution is -2.12. The first kappa shape index (κ1) is 13.3. The van der Waals surface area contributed by atoms with Gasteiger partial charge in [0.2, 0.25) is 0 Å². The predicted molar refractivity (Wildman–Crippen MR) is 79.8 cm³/mol. The van der Waals surface area contributed by atoms with Gasteiger partial charge in [-0.15, -0.1) is 0 Å². The topological polar surface area (TPSA) is 93.5 Å². The lowest BCUT2D eigenvalue weighted by molar-refractivity contribution is 0.104. The minimum atomic E-state index is -0.0425. The molecule has 3 N–H and O–H groups in total. The standard InChI is InChI=1S/C15H14N4O2/c16-15-13(9-17-19(15)7-8-20)18-12-5-6-14(21)11-4-2-1-3-10(11)12/h1-6,9,20H,7-8,16H2/b18-12+. The number of aliphatic imine (C=N–C) groups is 1. The molecule has 1 aromatic carbocycles. The van der Waals surface area contributed by atoms with Gasteiger partial charge in [0.05, 0.1) is 25.1 Å². The molecule has 21 heavy (non-hydrogen) atoms. The van der Waals surface area contributed by atoms with Gasteiger partial charge in [0.25, 0.3) is 0 Å². The zero-order valence-electron chi connectivity index (χ0n) is 11.2. The fraction of sp³-hybridized carbons (Fsp3) is 0.133. The number of hydrogen-bond acceptors (Lipinski definition) is 5. The third-order valence-corrected chi connectivity index (χ3v) is 3.27. The van der Waals surface area contributed by atoms with Crippen LogP contribution in [0, 0.1) is 0 Å². The molecule has 106 valence electrons. The number of rotatable bonds is 3. The van der Waals surface area contributed by atoms with Gasteiger partial charge in [-0.1, -0.05) is 24.3 Å². The summed E-state index contributed by atoms with van der Waals surface area (Å²) in [6.45, 7) is 0.279. The average molecular weight is 282 g/mol. The molecule has 0 fully saturated rings. The van der Waals surface area contributed by atoms with Crippen molar-refractivity contribution in [1.29, 1.82) is 0 Å². The predicted octanol–water partition coefficient (Wildman–Crippen LogP) is 1.33. The van der Waals surface area contributed by atoms with Gasteiger partial charge in [-0.05, 0) is 12.2 Å². The first-order chi connectivity index (χ1) is 10.2. The number of aliphatic hydroxyl groups excluding tert-OH is 1. The van der Waals surface area contributed by atoms with Gasteiger partial charge in [-0.25, -0.2) is 9.67 Å². The molecule has 0 saturated carbocycles. The Kier molecular flexibility index (Phi) is 3.37. The summed E-state index contributed by atoms with van der Waals surface area (Å²) in [7, 11) is 0. The molecule has 6 nitrogen and oxygen atoms in total. The number of ketones is 1. The molecule has 0 amide bonds. The monoisotopic (exact) mass is 282 g/mol. The van der Waals surface area contributed by atoms with E-state index in [4.69, 9.17) is 10.8 Å². The molecule has 0 spiro atoms. The summed E-state index contributed by atoms with van der Waals surface area (Å²) < 4.78 is 1.49. The Morgan fingerprint density at radius 3 is 2.76 bits per heavy atom. The second-order valence-electron chi connectivity index (χ2n) is 4.60. The second kappa shape index (κ2) is 5.34. The quantitative estimate of drug-likeness (QED) is 0.888. The van der Waals surface area contributed by atoms with E-state index in [-0.39, 0.29) is 12.4 Å². The Balaban J connectivity index is 2.04. The normalized spacial score (nSPS) is 15.5. The van der Waals surface area contributed by atoms with Crippen molar-refractivity contribution in [2.45, 2.75) is 6.54 Å². The number of benzene rings is 1. The van der Waals surface area contributed by atoms with Crippen molar-refractivity contribution >= 4 is 23.0 Å². The Bertz CT molecular complexity index is 759. The van der Waals surface area contributed by atoms with E-state index in [9.17, 15) is 4.79 Å². The maximum absolute atomic E-state index is 11.8. The number of nitrogens with zero attached hydrogens (tertiary/aromatic N) is 3. The zero-order chi connectivity index (χ0) is 14.8. The first-order valence-corrected chi connectivity index (χ1v) is 6.53. The summed E-state index contributed by atoms with van der Waals surface area (Å²) in [5, 5.41) is 13.0. The first-order valence-electron chi connectivity index (χ1n) is 6.53. The minimum absolute atomic E-state index is 0.0338. The summed E-state index contributed by atoms with van der Waals surface area (Å²) in [6.07, 6.45) is 4.72. The van der Waals surface area contributed by atoms with Crippen molar-refractivity contribution in [3.8, 4) is 0 Å². The van der Waals surface area contributed by atoms with E-state index >= 15 is 0 Å². The largest absolute Gasteiger partial charge is 0.394 e. The van der Waals surface area contributed by atoms with E-state index in [1.165, 1.54) is 10.8 Å². The van der Waals surface area contributed by atoms with Crippen LogP contribution in [0.2, 0.25) is 0 Å². The molecular weight excluding hydrogens is 268 g/mol. The molecule has 0 bridgehead atoms. The maximum Gasteiger partial charge on any atom is 0.186 e. The highest BCUT2D eigenvalue weighted by Crippen LogP contribution is 2.25. The van der Waals surface area contributed by atoms with Crippen LogP contribution in [0.5, 0.6) is 0 Å². The fourth-order valence-electron chi connectivity index (χ4n) is 2.23. The van der Waals surface area contributed by atoms with Crippen molar-refractivity contribution in [2.24, 2.45) is 4.99 Å². The molecular formula is C15H14N4O2. The molecule has 0 atom stereocenters. The summed E-state index contributed by atoms with van der Waals surface area (Å²) in [5.41, 5.74) is 8.53. The van der Waals surface area contributed by atoms with Crippen LogP contribution in [0.3, 0.4) is 0 Å². The van der Waals surface area contributed by atoms with E-state index < -0.39 is 0 Å². The van der Waals surface area contributed by atoms with Gasteiger partial charge in [-0.2, -0.15) is 5.10 Å². The zero-order valence-corrected chi connectivity index (χ0v) is 11.2. The van der Waals surface area contributed by atoms with Crippen molar-refractivity contribution in [1.82, 2.24) is 9.78 Å². The summed E-state index contributed by atoms with van der Waals surface area (Å²) >= 11 is 0. The van der Waals surface area contributed by atoms with Crippen LogP contribution in [-0.4, -0.2) is 33.0 Å². The van der Waals surface area contributed by atoms with Crippen LogP contribution in [0.25, 0.3) is 0 Å². The van der Waals surface area contributed by atoms with Crippen LogP contribution in [0.4, 0.5) is 11.5 Å². The second-order valence-corrected chi connectivity index (χ2v) is 4.60. The van der Waals surface area contributed by atoms with Crippen LogP contribution in [-0.2, 0) is 6.54 Å². The van der Waals surface area contributed by atoms with E-state index in [0.29, 0.717) is 29.3 Å². The molecule has 1 aliphatic rings. The number of nitrogen functional groups attached to an aromatic ring is 1. The molecule has 1 heterocycles. The number of fused-ring (bicyclic) bond motifs is 1. The number of carbonyl (C=O) groups excluding carboxylic acids is 1. The number of aliphatic hydroxyl groups is 1. The molecule has 0 saturated heterocycles. The van der Waals surface area contributed by atoms with Crippen molar-refractivity contribution in [3.05, 3.63) is 53.7 Å². The van der Waals surface area contributed by atoms with Crippen molar-refractivity contribution < 1.29 is 9.90 Å². The number of nitrogens with two attached hydrogens (primary N) is 1. The number of aromatic nitrogens is 2. The summed E-state index contributed by atoms with van der Waals surface area (Å²) in [6, 6.07) is 7.31. The number of hydrogen-bond donors (Lipinski definition) is 2. The highest BCUT2D eigenvalue weighted by molar-refractivity contribution is 6.24. The fourth-order valence-corrected chi connectivity index (χ4v) is 2.23. The van der Waals surface area contributed by atoms with Crippen molar-refractivity contribution in [3.63, 3.8) is 0 Å². The summed E-state index contributed by atoms with van der Waals surface area (Å²) in [4.78, 5) is 16.3. The van der Waals surface area contributed by atoms with Gasteiger partial charge in [-0.3, -0.25) is 4.79 Å². The van der Waals surface area contributed by atoms with E-state index in [1.807, 2.05) is 18.2 Å². The van der Waals surface area contributed by atoms with Crippen LogP contribution in [0.15, 0.2) is 47.6 Å². The molecule has 0 aliphatic heterocycles. The third-order valence-electron chi connectivity index (χ3n) is 3.27. The van der Waals surface area contributed by atoms with Crippen LogP contribution < -0.4 is 5.73 Å². The number of carbonyl (C=O) groups is 1. The van der Waals surface area contributed by atoms with Crippen molar-refractivity contribution in [2.75, 3.05) is 12.3 Å². The van der Waals surface area contributed by atoms with Gasteiger partial charge in [0, 0.05) is 11.1 Å². The molecule has 2 aromatic rings. The molecule has 0 radical (unpaired) electrons. The maximum atomic E-state index is 11.8. The van der Waals surface area contributed by atoms with E-state index in [1.54, 1.807) is 18.3 Å². The Hall–Kier alpha value is -2.73. The Morgan fingerprint density at radius 2 is 2.00 bits per heavy atom. The van der Waals surface area contributed by atoms with Gasteiger partial charge in [0.15, 0.2) is 5.78 Å². The van der Waals surface area contributed by atoms with Gasteiger partial charge >= 0.3 is 0 Å². The van der Waals surface area contributed by atoms with Gasteiger partial charge < -0.3 is 10.8 Å². The smallest absolute Gasteiger partial charge is 0.186 e. The minimum Gasteiger partial charge on any atom is -0.394 e. The van der Waals surface area contributed by atoms with Gasteiger partial charge in [0.1, 0.15) is 11.5 Å². The number of allylic oxidation sites excluding steroid dienone is 2. The lowest BCUT2D eigenvalue weighted by atomic mass is 9.94. The Labute approximate surface area is 121 Å². The third kappa shape index (κ3) is 2.36. The highest BCUT2D eigenvalue weighted by atomic mass is 16.3. The molecule has 1 aromatic heterocycles. The molecule has 3 rings (SSSR count). The lowest BCUT2D eigenvalue weighted by Gasteiger charge is -2.11. The SMILES string of the molecule is Nc1c(/N=C2\C=CC(=O)c3ccccc32)cnn1CCO. The summed E-state index contributed by atoms with van der Waals surface area (Å²) in [5.74, 6) is 0.354. The molecule has 1 aliphatic carbocycles. The van der Waals surface area contributed by atoms with E-state index in [0.717, 1.165) is 5.56 Å². The molecule has 6 heteroatoms. The number of anilines is 1. The van der Waals surface area contributed by atoms with E-state index in [2.05, 4.69) is 10.1 Å². The molecule has 0 unspecified atom stereocenters. The van der Waals surface area contributed by atoms with Crippen LogP contribution in [0.1, 0.15) is 15.9 Å². The highest BCUT2D eigenvalue weighted by Gasteiger charge is 2.17. The average Bonchev–Trinajstić information content (AvgIpc) is 2.84.